The zero-order chi connectivity index (χ0) is 17.4. The first-order valence-corrected chi connectivity index (χ1v) is 9.23. The molecule has 0 aliphatic carbocycles. The normalized spacial score (nSPS) is 28.9. The first kappa shape index (κ1) is 16.5. The molecule has 2 amide bonds. The number of halogens is 1. The molecule has 1 aromatic carbocycles. The summed E-state index contributed by atoms with van der Waals surface area (Å²) in [4.78, 5) is 29.3. The number of benzene rings is 1. The van der Waals surface area contributed by atoms with E-state index < -0.39 is 5.82 Å². The molecule has 4 rings (SSSR count). The molecule has 134 valence electrons. The molecule has 6 heteroatoms. The number of fused-ring (bicyclic) bond motifs is 1. The van der Waals surface area contributed by atoms with E-state index in [0.717, 1.165) is 38.8 Å². The molecule has 3 saturated heterocycles. The lowest BCUT2D eigenvalue weighted by atomic mass is 9.91. The molecule has 25 heavy (non-hydrogen) atoms. The Morgan fingerprint density at radius 3 is 2.72 bits per heavy atom. The fourth-order valence-electron chi connectivity index (χ4n) is 4.52. The molecule has 0 bridgehead atoms. The van der Waals surface area contributed by atoms with Crippen LogP contribution in [0.25, 0.3) is 0 Å². The van der Waals surface area contributed by atoms with E-state index in [1.165, 1.54) is 12.1 Å². The van der Waals surface area contributed by atoms with Crippen LogP contribution in [0.2, 0.25) is 0 Å². The van der Waals surface area contributed by atoms with Gasteiger partial charge in [0.05, 0.1) is 17.6 Å². The zero-order valence-corrected chi connectivity index (χ0v) is 14.3. The minimum atomic E-state index is -0.481. The third kappa shape index (κ3) is 3.03. The summed E-state index contributed by atoms with van der Waals surface area (Å²) in [5, 5.41) is 3.28. The summed E-state index contributed by atoms with van der Waals surface area (Å²) >= 11 is 0. The van der Waals surface area contributed by atoms with Crippen LogP contribution in [-0.4, -0.2) is 59.9 Å². The van der Waals surface area contributed by atoms with Crippen LogP contribution in [0.4, 0.5) is 4.39 Å². The molecule has 0 radical (unpaired) electrons. The van der Waals surface area contributed by atoms with Crippen molar-refractivity contribution in [3.63, 3.8) is 0 Å². The van der Waals surface area contributed by atoms with Crippen molar-refractivity contribution in [2.75, 3.05) is 26.2 Å². The van der Waals surface area contributed by atoms with Gasteiger partial charge in [0.15, 0.2) is 0 Å². The predicted octanol–water partition coefficient (Wildman–Crippen LogP) is 1.64. The Morgan fingerprint density at radius 2 is 1.96 bits per heavy atom. The lowest BCUT2D eigenvalue weighted by molar-refractivity contribution is -0.137. The van der Waals surface area contributed by atoms with E-state index in [4.69, 9.17) is 0 Å². The van der Waals surface area contributed by atoms with Crippen LogP contribution in [0.5, 0.6) is 0 Å². The number of carbonyl (C=O) groups is 2. The van der Waals surface area contributed by atoms with Gasteiger partial charge in [0.1, 0.15) is 5.82 Å². The Kier molecular flexibility index (Phi) is 4.46. The first-order chi connectivity index (χ1) is 12.1. The van der Waals surface area contributed by atoms with Gasteiger partial charge in [-0.05, 0) is 50.3 Å². The summed E-state index contributed by atoms with van der Waals surface area (Å²) in [5.41, 5.74) is 0.122. The van der Waals surface area contributed by atoms with E-state index >= 15 is 0 Å². The highest BCUT2D eigenvalue weighted by Crippen LogP contribution is 2.32. The summed E-state index contributed by atoms with van der Waals surface area (Å²) in [7, 11) is 0. The van der Waals surface area contributed by atoms with E-state index in [2.05, 4.69) is 5.32 Å². The molecule has 0 saturated carbocycles. The van der Waals surface area contributed by atoms with Crippen molar-refractivity contribution in [3.8, 4) is 0 Å². The highest BCUT2D eigenvalue weighted by atomic mass is 19.1. The standard InChI is InChI=1S/C19H24FN3O2/c20-15-7-2-1-6-14(15)18(24)22-11-13-5-4-10-23(17(13)12-22)19(25)16-8-3-9-21-16/h1-2,6-7,13,16-17,21H,3-5,8-12H2. The van der Waals surface area contributed by atoms with Crippen LogP contribution in [0.3, 0.4) is 0 Å². The van der Waals surface area contributed by atoms with Gasteiger partial charge in [-0.2, -0.15) is 0 Å². The maximum Gasteiger partial charge on any atom is 0.256 e. The van der Waals surface area contributed by atoms with Crippen LogP contribution in [0.1, 0.15) is 36.0 Å². The largest absolute Gasteiger partial charge is 0.336 e. The zero-order valence-electron chi connectivity index (χ0n) is 14.3. The molecule has 3 unspecified atom stereocenters. The van der Waals surface area contributed by atoms with Crippen molar-refractivity contribution in [1.82, 2.24) is 15.1 Å². The minimum Gasteiger partial charge on any atom is -0.336 e. The lowest BCUT2D eigenvalue weighted by Crippen LogP contribution is -2.53. The van der Waals surface area contributed by atoms with Crippen molar-refractivity contribution in [3.05, 3.63) is 35.6 Å². The van der Waals surface area contributed by atoms with Crippen LogP contribution >= 0.6 is 0 Å². The Labute approximate surface area is 147 Å². The van der Waals surface area contributed by atoms with E-state index in [1.807, 2.05) is 4.90 Å². The van der Waals surface area contributed by atoms with Gasteiger partial charge in [0.25, 0.3) is 5.91 Å². The summed E-state index contributed by atoms with van der Waals surface area (Å²) in [6.07, 6.45) is 3.93. The number of carbonyl (C=O) groups excluding carboxylic acids is 2. The molecule has 3 fully saturated rings. The summed E-state index contributed by atoms with van der Waals surface area (Å²) in [6.45, 7) is 2.78. The smallest absolute Gasteiger partial charge is 0.256 e. The van der Waals surface area contributed by atoms with Gasteiger partial charge in [-0.3, -0.25) is 9.59 Å². The van der Waals surface area contributed by atoms with Crippen LogP contribution in [-0.2, 0) is 4.79 Å². The predicted molar refractivity (Wildman–Crippen MR) is 91.6 cm³/mol. The average Bonchev–Trinajstić information content (AvgIpc) is 3.30. The number of rotatable bonds is 2. The van der Waals surface area contributed by atoms with Crippen molar-refractivity contribution in [2.24, 2.45) is 5.92 Å². The molecule has 0 spiro atoms. The highest BCUT2D eigenvalue weighted by Gasteiger charge is 2.44. The van der Waals surface area contributed by atoms with Crippen molar-refractivity contribution in [1.29, 1.82) is 0 Å². The summed E-state index contributed by atoms with van der Waals surface area (Å²) in [6, 6.07) is 6.11. The van der Waals surface area contributed by atoms with Crippen LogP contribution in [0.15, 0.2) is 24.3 Å². The molecule has 1 aromatic rings. The molecular weight excluding hydrogens is 321 g/mol. The fourth-order valence-corrected chi connectivity index (χ4v) is 4.52. The number of hydrogen-bond donors (Lipinski definition) is 1. The second-order valence-electron chi connectivity index (χ2n) is 7.34. The number of likely N-dealkylation sites (tertiary alicyclic amines) is 2. The molecule has 3 aliphatic rings. The Bertz CT molecular complexity index is 674. The minimum absolute atomic E-state index is 0.0689. The molecule has 1 N–H and O–H groups in total. The van der Waals surface area contributed by atoms with E-state index in [1.54, 1.807) is 17.0 Å². The van der Waals surface area contributed by atoms with Crippen LogP contribution < -0.4 is 5.32 Å². The Morgan fingerprint density at radius 1 is 1.12 bits per heavy atom. The number of nitrogens with one attached hydrogen (secondary N) is 1. The van der Waals surface area contributed by atoms with Gasteiger partial charge in [0.2, 0.25) is 5.91 Å². The van der Waals surface area contributed by atoms with Crippen molar-refractivity contribution >= 4 is 11.8 Å². The van der Waals surface area contributed by atoms with Crippen molar-refractivity contribution < 1.29 is 14.0 Å². The average molecular weight is 345 g/mol. The topological polar surface area (TPSA) is 52.7 Å². The number of amides is 2. The third-order valence-electron chi connectivity index (χ3n) is 5.81. The van der Waals surface area contributed by atoms with E-state index in [9.17, 15) is 14.0 Å². The second kappa shape index (κ2) is 6.75. The number of nitrogens with zero attached hydrogens (tertiary/aromatic N) is 2. The molecule has 5 nitrogen and oxygen atoms in total. The van der Waals surface area contributed by atoms with Gasteiger partial charge in [-0.25, -0.2) is 4.39 Å². The molecule has 0 aromatic heterocycles. The molecule has 3 atom stereocenters. The monoisotopic (exact) mass is 345 g/mol. The van der Waals surface area contributed by atoms with E-state index in [0.29, 0.717) is 19.0 Å². The number of hydrogen-bond acceptors (Lipinski definition) is 3. The van der Waals surface area contributed by atoms with Gasteiger partial charge < -0.3 is 15.1 Å². The van der Waals surface area contributed by atoms with Crippen LogP contribution in [0, 0.1) is 11.7 Å². The molecular formula is C19H24FN3O2. The summed E-state index contributed by atoms with van der Waals surface area (Å²) < 4.78 is 14.0. The first-order valence-electron chi connectivity index (χ1n) is 9.23. The quantitative estimate of drug-likeness (QED) is 0.887. The summed E-state index contributed by atoms with van der Waals surface area (Å²) in [5.74, 6) is -0.272. The van der Waals surface area contributed by atoms with Gasteiger partial charge in [0, 0.05) is 19.6 Å². The maximum atomic E-state index is 14.0. The molecule has 3 aliphatic heterocycles. The van der Waals surface area contributed by atoms with E-state index in [-0.39, 0.29) is 29.5 Å². The van der Waals surface area contributed by atoms with Gasteiger partial charge >= 0.3 is 0 Å². The van der Waals surface area contributed by atoms with Crippen molar-refractivity contribution in [2.45, 2.75) is 37.8 Å². The van der Waals surface area contributed by atoms with Gasteiger partial charge in [-0.1, -0.05) is 12.1 Å². The molecule has 3 heterocycles. The maximum absolute atomic E-state index is 14.0. The van der Waals surface area contributed by atoms with Gasteiger partial charge in [-0.15, -0.1) is 0 Å². The fraction of sp³-hybridized carbons (Fsp3) is 0.579. The third-order valence-corrected chi connectivity index (χ3v) is 5.81. The highest BCUT2D eigenvalue weighted by molar-refractivity contribution is 5.94. The Balaban J connectivity index is 1.50. The lowest BCUT2D eigenvalue weighted by Gasteiger charge is -2.38. The Hall–Kier alpha value is -1.95. The number of piperidine rings is 1. The SMILES string of the molecule is O=C(c1ccccc1F)N1CC2CCCN(C(=O)C3CCCN3)C2C1. The second-order valence-corrected chi connectivity index (χ2v) is 7.34.